The minimum Gasteiger partial charge on any atom is -0.335 e. The number of sulfonamides is 1. The molecule has 1 saturated carbocycles. The van der Waals surface area contributed by atoms with Gasteiger partial charge in [0.25, 0.3) is 0 Å². The lowest BCUT2D eigenvalue weighted by molar-refractivity contribution is 0.196. The van der Waals surface area contributed by atoms with Crippen molar-refractivity contribution in [3.05, 3.63) is 0 Å². The maximum atomic E-state index is 12.1. The molecule has 0 bridgehead atoms. The van der Waals surface area contributed by atoms with E-state index in [4.69, 9.17) is 0 Å². The molecule has 0 aromatic heterocycles. The molecule has 0 unspecified atom stereocenters. The number of amides is 4. The first-order chi connectivity index (χ1) is 9.75. The van der Waals surface area contributed by atoms with E-state index in [1.807, 2.05) is 6.92 Å². The quantitative estimate of drug-likeness (QED) is 0.826. The van der Waals surface area contributed by atoms with Crippen molar-refractivity contribution < 1.29 is 18.0 Å². The molecule has 21 heavy (non-hydrogen) atoms. The van der Waals surface area contributed by atoms with Crippen molar-refractivity contribution in [2.45, 2.75) is 64.5 Å². The van der Waals surface area contributed by atoms with Gasteiger partial charge in [0.15, 0.2) is 0 Å². The number of nitrogens with zero attached hydrogens (tertiary/aromatic N) is 1. The molecule has 1 aliphatic carbocycles. The zero-order valence-electron chi connectivity index (χ0n) is 12.9. The average molecular weight is 319 g/mol. The minimum atomic E-state index is -3.70. The van der Waals surface area contributed by atoms with Gasteiger partial charge in [-0.15, -0.1) is 0 Å². The third kappa shape index (κ3) is 5.53. The van der Waals surface area contributed by atoms with Gasteiger partial charge in [-0.1, -0.05) is 26.2 Å². The summed E-state index contributed by atoms with van der Waals surface area (Å²) >= 11 is 0. The van der Waals surface area contributed by atoms with Crippen molar-refractivity contribution in [3.8, 4) is 0 Å². The van der Waals surface area contributed by atoms with E-state index in [2.05, 4.69) is 10.6 Å². The highest BCUT2D eigenvalue weighted by atomic mass is 32.2. The molecule has 0 radical (unpaired) electrons. The Balaban J connectivity index is 2.74. The van der Waals surface area contributed by atoms with Crippen LogP contribution in [0.25, 0.3) is 0 Å². The molecule has 4 amide bonds. The van der Waals surface area contributed by atoms with Crippen LogP contribution < -0.4 is 10.6 Å². The van der Waals surface area contributed by atoms with E-state index in [1.165, 1.54) is 0 Å². The highest BCUT2D eigenvalue weighted by Gasteiger charge is 2.33. The molecule has 1 fully saturated rings. The number of hydrogen-bond acceptors (Lipinski definition) is 4. The first-order valence-corrected chi connectivity index (χ1v) is 9.21. The summed E-state index contributed by atoms with van der Waals surface area (Å²) in [6.07, 6.45) is 5.84. The summed E-state index contributed by atoms with van der Waals surface area (Å²) in [5, 5.41) is 4.68. The van der Waals surface area contributed by atoms with Crippen LogP contribution in [0.4, 0.5) is 9.59 Å². The molecule has 0 aliphatic heterocycles. The molecule has 7 nitrogen and oxygen atoms in total. The van der Waals surface area contributed by atoms with Crippen LogP contribution in [-0.4, -0.2) is 43.1 Å². The summed E-state index contributed by atoms with van der Waals surface area (Å²) in [7, 11) is -3.70. The fraction of sp³-hybridized carbons (Fsp3) is 0.846. The zero-order chi connectivity index (χ0) is 16.0. The van der Waals surface area contributed by atoms with Crippen molar-refractivity contribution in [2.75, 3.05) is 6.26 Å². The van der Waals surface area contributed by atoms with Gasteiger partial charge in [-0.2, -0.15) is 0 Å². The Hall–Kier alpha value is -1.31. The van der Waals surface area contributed by atoms with E-state index in [9.17, 15) is 18.0 Å². The van der Waals surface area contributed by atoms with Crippen LogP contribution in [0.2, 0.25) is 0 Å². The number of imide groups is 1. The smallest absolute Gasteiger partial charge is 0.335 e. The molecule has 1 aliphatic rings. The Morgan fingerprint density at radius 2 is 1.81 bits per heavy atom. The minimum absolute atomic E-state index is 0.0841. The summed E-state index contributed by atoms with van der Waals surface area (Å²) in [4.78, 5) is 23.8. The van der Waals surface area contributed by atoms with E-state index in [1.54, 1.807) is 6.92 Å². The van der Waals surface area contributed by atoms with Crippen LogP contribution in [0.1, 0.15) is 52.4 Å². The Labute approximate surface area is 126 Å². The maximum absolute atomic E-state index is 12.1. The van der Waals surface area contributed by atoms with Gasteiger partial charge in [-0.25, -0.2) is 22.3 Å². The molecule has 1 atom stereocenters. The topological polar surface area (TPSA) is 95.6 Å². The van der Waals surface area contributed by atoms with Crippen LogP contribution >= 0.6 is 0 Å². The molecule has 0 aromatic rings. The Morgan fingerprint density at radius 3 is 2.29 bits per heavy atom. The summed E-state index contributed by atoms with van der Waals surface area (Å²) in [6, 6.07) is -1.98. The van der Waals surface area contributed by atoms with E-state index >= 15 is 0 Å². The fourth-order valence-electron chi connectivity index (χ4n) is 2.42. The van der Waals surface area contributed by atoms with Crippen molar-refractivity contribution >= 4 is 22.1 Å². The second-order valence-electron chi connectivity index (χ2n) is 5.56. The lowest BCUT2D eigenvalue weighted by Gasteiger charge is -2.32. The number of rotatable bonds is 4. The third-order valence-corrected chi connectivity index (χ3v) is 4.85. The van der Waals surface area contributed by atoms with Gasteiger partial charge in [-0.3, -0.25) is 5.32 Å². The Kier molecular flexibility index (Phi) is 6.44. The third-order valence-electron chi connectivity index (χ3n) is 3.67. The van der Waals surface area contributed by atoms with Crippen molar-refractivity contribution in [1.82, 2.24) is 14.9 Å². The summed E-state index contributed by atoms with van der Waals surface area (Å²) < 4.78 is 24.6. The Bertz CT molecular complexity index is 472. The van der Waals surface area contributed by atoms with Crippen molar-refractivity contribution in [1.29, 1.82) is 0 Å². The number of urea groups is 2. The van der Waals surface area contributed by atoms with E-state index in [0.717, 1.165) is 36.2 Å². The second-order valence-corrected chi connectivity index (χ2v) is 7.42. The second kappa shape index (κ2) is 7.63. The fourth-order valence-corrected chi connectivity index (χ4v) is 3.52. The first-order valence-electron chi connectivity index (χ1n) is 7.36. The normalized spacial score (nSPS) is 17.9. The number of carbonyl (C=O) groups is 2. The Morgan fingerprint density at radius 1 is 1.24 bits per heavy atom. The molecule has 0 spiro atoms. The van der Waals surface area contributed by atoms with E-state index < -0.39 is 22.1 Å². The van der Waals surface area contributed by atoms with Gasteiger partial charge >= 0.3 is 12.1 Å². The van der Waals surface area contributed by atoms with E-state index in [-0.39, 0.29) is 12.1 Å². The molecule has 2 N–H and O–H groups in total. The highest BCUT2D eigenvalue weighted by molar-refractivity contribution is 7.88. The van der Waals surface area contributed by atoms with Crippen LogP contribution in [0.5, 0.6) is 0 Å². The summed E-state index contributed by atoms with van der Waals surface area (Å²) in [5.74, 6) is 0. The summed E-state index contributed by atoms with van der Waals surface area (Å²) in [6.45, 7) is 3.71. The maximum Gasteiger partial charge on any atom is 0.339 e. The van der Waals surface area contributed by atoms with Gasteiger partial charge in [0.05, 0.1) is 6.26 Å². The zero-order valence-corrected chi connectivity index (χ0v) is 13.7. The van der Waals surface area contributed by atoms with E-state index in [0.29, 0.717) is 12.8 Å². The average Bonchev–Trinajstić information content (AvgIpc) is 2.37. The lowest BCUT2D eigenvalue weighted by atomic mass is 9.96. The van der Waals surface area contributed by atoms with Gasteiger partial charge in [0.2, 0.25) is 10.0 Å². The van der Waals surface area contributed by atoms with Crippen LogP contribution in [0.3, 0.4) is 0 Å². The van der Waals surface area contributed by atoms with Gasteiger partial charge < -0.3 is 5.32 Å². The predicted molar refractivity (Wildman–Crippen MR) is 80.4 cm³/mol. The molecule has 1 rings (SSSR count). The molecule has 122 valence electrons. The van der Waals surface area contributed by atoms with Gasteiger partial charge in [0.1, 0.15) is 0 Å². The van der Waals surface area contributed by atoms with Crippen LogP contribution in [-0.2, 0) is 10.0 Å². The van der Waals surface area contributed by atoms with Gasteiger partial charge in [-0.05, 0) is 26.2 Å². The van der Waals surface area contributed by atoms with Crippen molar-refractivity contribution in [2.24, 2.45) is 0 Å². The molecule has 0 saturated heterocycles. The molecular formula is C13H25N3O4S. The van der Waals surface area contributed by atoms with Gasteiger partial charge in [0, 0.05) is 12.1 Å². The van der Waals surface area contributed by atoms with Crippen LogP contribution in [0, 0.1) is 0 Å². The largest absolute Gasteiger partial charge is 0.339 e. The number of carbonyl (C=O) groups excluding carboxylic acids is 2. The molecule has 0 heterocycles. The highest BCUT2D eigenvalue weighted by Crippen LogP contribution is 2.24. The van der Waals surface area contributed by atoms with Crippen LogP contribution in [0.15, 0.2) is 0 Å². The molecule has 0 aromatic carbocycles. The number of nitrogens with one attached hydrogen (secondary N) is 2. The SMILES string of the molecule is CC[C@H](C)NC(=O)NC(=O)N(C1CCCCC1)S(C)(=O)=O. The predicted octanol–water partition coefficient (Wildman–Crippen LogP) is 1.80. The standard InChI is InChI=1S/C13H25N3O4S/c1-4-10(2)14-12(17)15-13(18)16(21(3,19)20)11-8-6-5-7-9-11/h10-11H,4-9H2,1-3H3,(H2,14,15,17,18)/t10-/m0/s1. The summed E-state index contributed by atoms with van der Waals surface area (Å²) in [5.41, 5.74) is 0. The van der Waals surface area contributed by atoms with Crippen molar-refractivity contribution in [3.63, 3.8) is 0 Å². The molecular weight excluding hydrogens is 294 g/mol. The monoisotopic (exact) mass is 319 g/mol. The lowest BCUT2D eigenvalue weighted by Crippen LogP contribution is -2.53. The first kappa shape index (κ1) is 17.7. The molecule has 8 heteroatoms. The number of hydrogen-bond donors (Lipinski definition) is 2.